The third kappa shape index (κ3) is 5.11. The highest BCUT2D eigenvalue weighted by molar-refractivity contribution is 14.1. The van der Waals surface area contributed by atoms with Gasteiger partial charge in [0.2, 0.25) is 0 Å². The van der Waals surface area contributed by atoms with Gasteiger partial charge in [-0.05, 0) is 107 Å². The van der Waals surface area contributed by atoms with Gasteiger partial charge in [0.1, 0.15) is 0 Å². The number of carboxylic acid groups (broad SMARTS) is 1. The van der Waals surface area contributed by atoms with E-state index < -0.39 is 5.97 Å². The van der Waals surface area contributed by atoms with Crippen LogP contribution in [-0.4, -0.2) is 22.1 Å². The summed E-state index contributed by atoms with van der Waals surface area (Å²) in [6.45, 7) is 3.89. The first-order valence-electron chi connectivity index (χ1n) is 7.11. The molecule has 0 aliphatic rings. The van der Waals surface area contributed by atoms with Crippen molar-refractivity contribution in [2.24, 2.45) is 0 Å². The number of thiocarbonyl (C=S) groups is 1. The number of aryl methyl sites for hydroxylation is 2. The van der Waals surface area contributed by atoms with Crippen LogP contribution in [0.15, 0.2) is 30.3 Å². The van der Waals surface area contributed by atoms with Crippen molar-refractivity contribution in [2.75, 3.05) is 5.32 Å². The Morgan fingerprint density at radius 2 is 1.76 bits per heavy atom. The van der Waals surface area contributed by atoms with E-state index in [0.717, 1.165) is 14.7 Å². The molecule has 0 aliphatic carbocycles. The number of halogens is 2. The summed E-state index contributed by atoms with van der Waals surface area (Å²) in [5.74, 6) is -1.42. The lowest BCUT2D eigenvalue weighted by Crippen LogP contribution is -2.34. The lowest BCUT2D eigenvalue weighted by molar-refractivity contribution is 0.0697. The van der Waals surface area contributed by atoms with Crippen LogP contribution in [0, 0.1) is 21.0 Å². The highest BCUT2D eigenvalue weighted by Gasteiger charge is 2.17. The van der Waals surface area contributed by atoms with Crippen LogP contribution in [0.2, 0.25) is 0 Å². The van der Waals surface area contributed by atoms with Gasteiger partial charge in [-0.25, -0.2) is 4.79 Å². The number of carboxylic acids is 1. The molecule has 1 amide bonds. The first-order chi connectivity index (χ1) is 11.7. The number of carbonyl (C=O) groups is 2. The van der Waals surface area contributed by atoms with Gasteiger partial charge in [0, 0.05) is 12.7 Å². The quantitative estimate of drug-likeness (QED) is 0.372. The summed E-state index contributed by atoms with van der Waals surface area (Å²) in [6, 6.07) is 8.73. The molecule has 0 radical (unpaired) electrons. The Labute approximate surface area is 177 Å². The van der Waals surface area contributed by atoms with Crippen molar-refractivity contribution in [3.63, 3.8) is 0 Å². The van der Waals surface area contributed by atoms with Gasteiger partial charge in [0.05, 0.1) is 11.3 Å². The Morgan fingerprint density at radius 3 is 2.36 bits per heavy atom. The van der Waals surface area contributed by atoms with E-state index in [1.807, 2.05) is 71.2 Å². The molecule has 2 rings (SSSR count). The summed E-state index contributed by atoms with van der Waals surface area (Å²) in [4.78, 5) is 23.8. The van der Waals surface area contributed by atoms with Crippen molar-refractivity contribution in [1.82, 2.24) is 5.32 Å². The zero-order chi connectivity index (χ0) is 18.7. The molecule has 0 fully saturated rings. The van der Waals surface area contributed by atoms with E-state index in [0.29, 0.717) is 14.8 Å². The van der Waals surface area contributed by atoms with Gasteiger partial charge in [-0.3, -0.25) is 10.1 Å². The Balaban J connectivity index is 2.19. The second kappa shape index (κ2) is 8.41. The van der Waals surface area contributed by atoms with E-state index in [1.165, 1.54) is 0 Å². The van der Waals surface area contributed by atoms with Crippen LogP contribution in [0.5, 0.6) is 0 Å². The predicted molar refractivity (Wildman–Crippen MR) is 118 cm³/mol. The lowest BCUT2D eigenvalue weighted by Gasteiger charge is -2.14. The molecule has 2 aromatic rings. The minimum Gasteiger partial charge on any atom is -0.478 e. The van der Waals surface area contributed by atoms with E-state index >= 15 is 0 Å². The molecule has 130 valence electrons. The van der Waals surface area contributed by atoms with E-state index in [4.69, 9.17) is 12.2 Å². The van der Waals surface area contributed by atoms with Gasteiger partial charge in [-0.2, -0.15) is 0 Å². The average Bonchev–Trinajstić information content (AvgIpc) is 2.52. The van der Waals surface area contributed by atoms with Crippen molar-refractivity contribution < 1.29 is 14.7 Å². The molecule has 0 atom stereocenters. The van der Waals surface area contributed by atoms with E-state index in [9.17, 15) is 14.7 Å². The number of hydrogen-bond acceptors (Lipinski definition) is 3. The molecule has 0 saturated carbocycles. The Bertz CT molecular complexity index is 884. The summed E-state index contributed by atoms with van der Waals surface area (Å²) < 4.78 is 1.50. The van der Waals surface area contributed by atoms with E-state index in [2.05, 4.69) is 10.6 Å². The van der Waals surface area contributed by atoms with E-state index in [-0.39, 0.29) is 16.6 Å². The molecule has 3 N–H and O–H groups in total. The van der Waals surface area contributed by atoms with Crippen molar-refractivity contribution in [3.05, 3.63) is 59.7 Å². The second-order valence-electron chi connectivity index (χ2n) is 5.32. The molecule has 5 nitrogen and oxygen atoms in total. The minimum absolute atomic E-state index is 0.0462. The molecule has 2 aromatic carbocycles. The summed E-state index contributed by atoms with van der Waals surface area (Å²) in [5, 5.41) is 14.8. The summed E-state index contributed by atoms with van der Waals surface area (Å²) in [5.41, 5.74) is 3.05. The van der Waals surface area contributed by atoms with Crippen LogP contribution >= 0.6 is 57.4 Å². The summed E-state index contributed by atoms with van der Waals surface area (Å²) in [7, 11) is 0. The smallest absolute Gasteiger partial charge is 0.337 e. The number of anilines is 1. The Hall–Kier alpha value is -1.27. The minimum atomic E-state index is -1.07. The topological polar surface area (TPSA) is 78.4 Å². The molecule has 0 bridgehead atoms. The fraction of sp³-hybridized carbons (Fsp3) is 0.118. The molecule has 0 spiro atoms. The average molecular weight is 580 g/mol. The number of amides is 1. The Morgan fingerprint density at radius 1 is 1.08 bits per heavy atom. The molecule has 0 unspecified atom stereocenters. The van der Waals surface area contributed by atoms with Crippen LogP contribution in [0.1, 0.15) is 31.8 Å². The molecule has 25 heavy (non-hydrogen) atoms. The van der Waals surface area contributed by atoms with Crippen molar-refractivity contribution in [3.8, 4) is 0 Å². The number of rotatable bonds is 3. The predicted octanol–water partition coefficient (Wildman–Crippen LogP) is 4.34. The monoisotopic (exact) mass is 580 g/mol. The number of benzene rings is 2. The molecular formula is C17H14I2N2O3S. The molecular weight excluding hydrogens is 566 g/mol. The number of nitrogens with one attached hydrogen (secondary N) is 2. The fourth-order valence-corrected chi connectivity index (χ4v) is 4.25. The van der Waals surface area contributed by atoms with Crippen LogP contribution in [0.3, 0.4) is 0 Å². The molecule has 0 aromatic heterocycles. The van der Waals surface area contributed by atoms with Crippen molar-refractivity contribution in [1.29, 1.82) is 0 Å². The maximum atomic E-state index is 12.3. The third-order valence-electron chi connectivity index (χ3n) is 3.52. The fourth-order valence-electron chi connectivity index (χ4n) is 2.07. The maximum absolute atomic E-state index is 12.3. The normalized spacial score (nSPS) is 10.2. The van der Waals surface area contributed by atoms with Gasteiger partial charge in [0.15, 0.2) is 5.11 Å². The van der Waals surface area contributed by atoms with Gasteiger partial charge < -0.3 is 10.4 Å². The van der Waals surface area contributed by atoms with Crippen LogP contribution in [-0.2, 0) is 0 Å². The summed E-state index contributed by atoms with van der Waals surface area (Å²) in [6.07, 6.45) is 0. The molecule has 0 saturated heterocycles. The SMILES string of the molecule is Cc1ccc(C(=O)NC(=S)Nc2c(I)cc(I)cc2C(=O)O)cc1C. The van der Waals surface area contributed by atoms with E-state index in [1.54, 1.807) is 18.2 Å². The summed E-state index contributed by atoms with van der Waals surface area (Å²) >= 11 is 9.25. The van der Waals surface area contributed by atoms with Crippen LogP contribution < -0.4 is 10.6 Å². The van der Waals surface area contributed by atoms with Crippen molar-refractivity contribution in [2.45, 2.75) is 13.8 Å². The van der Waals surface area contributed by atoms with Gasteiger partial charge in [0.25, 0.3) is 5.91 Å². The molecule has 8 heteroatoms. The third-order valence-corrected chi connectivity index (χ3v) is 5.20. The number of hydrogen-bond donors (Lipinski definition) is 3. The van der Waals surface area contributed by atoms with Crippen LogP contribution in [0.4, 0.5) is 5.69 Å². The number of carbonyl (C=O) groups excluding carboxylic acids is 1. The zero-order valence-corrected chi connectivity index (χ0v) is 18.4. The Kier molecular flexibility index (Phi) is 6.74. The highest BCUT2D eigenvalue weighted by Crippen LogP contribution is 2.26. The number of aromatic carboxylic acids is 1. The highest BCUT2D eigenvalue weighted by atomic mass is 127. The maximum Gasteiger partial charge on any atom is 0.337 e. The first kappa shape index (κ1) is 20.0. The molecule has 0 aliphatic heterocycles. The zero-order valence-electron chi connectivity index (χ0n) is 13.3. The second-order valence-corrected chi connectivity index (χ2v) is 8.14. The van der Waals surface area contributed by atoms with Crippen LogP contribution in [0.25, 0.3) is 0 Å². The standard InChI is InChI=1S/C17H14I2N2O3S/c1-8-3-4-10(5-9(8)2)15(22)21-17(25)20-14-12(16(23)24)6-11(18)7-13(14)19/h3-7H,1-2H3,(H,23,24)(H2,20,21,22,25). The molecule has 0 heterocycles. The largest absolute Gasteiger partial charge is 0.478 e. The van der Waals surface area contributed by atoms with Crippen molar-refractivity contribution >= 4 is 80.1 Å². The van der Waals surface area contributed by atoms with Gasteiger partial charge in [-0.1, -0.05) is 6.07 Å². The van der Waals surface area contributed by atoms with Gasteiger partial charge >= 0.3 is 5.97 Å². The first-order valence-corrected chi connectivity index (χ1v) is 9.67. The lowest BCUT2D eigenvalue weighted by atomic mass is 10.1. The van der Waals surface area contributed by atoms with Gasteiger partial charge in [-0.15, -0.1) is 0 Å².